The van der Waals surface area contributed by atoms with Crippen LogP contribution in [0.4, 0.5) is 5.69 Å². The van der Waals surface area contributed by atoms with Gasteiger partial charge in [-0.25, -0.2) is 4.68 Å². The summed E-state index contributed by atoms with van der Waals surface area (Å²) in [4.78, 5) is 12.7. The maximum absolute atomic E-state index is 12.7. The van der Waals surface area contributed by atoms with E-state index < -0.39 is 0 Å². The van der Waals surface area contributed by atoms with Crippen LogP contribution in [0, 0.1) is 0 Å². The number of tetrazole rings is 1. The largest absolute Gasteiger partial charge is 0.493 e. The number of halogens is 1. The third-order valence-corrected chi connectivity index (χ3v) is 4.12. The van der Waals surface area contributed by atoms with Crippen LogP contribution < -0.4 is 14.8 Å². The summed E-state index contributed by atoms with van der Waals surface area (Å²) in [5.41, 5.74) is 1.73. The van der Waals surface area contributed by atoms with E-state index in [2.05, 4.69) is 20.8 Å². The van der Waals surface area contributed by atoms with Crippen molar-refractivity contribution in [2.24, 2.45) is 7.05 Å². The number of carbonyl (C=O) groups is 1. The molecule has 0 bridgehead atoms. The van der Waals surface area contributed by atoms with E-state index in [0.29, 0.717) is 33.6 Å². The second-order valence-corrected chi connectivity index (χ2v) is 6.72. The standard InChI is InChI=1S/C19H20ClN5O3/c1-11(2)28-17-15(20)9-13(10-16(17)27-4)19(26)21-14-7-5-6-12(8-14)18-22-23-24-25(18)3/h5-11H,1-4H3,(H,21,26). The van der Waals surface area contributed by atoms with E-state index in [1.165, 1.54) is 7.11 Å². The third kappa shape index (κ3) is 4.23. The molecule has 1 aromatic heterocycles. The fourth-order valence-corrected chi connectivity index (χ4v) is 2.87. The van der Waals surface area contributed by atoms with Crippen LogP contribution in [0.1, 0.15) is 24.2 Å². The molecule has 8 nitrogen and oxygen atoms in total. The van der Waals surface area contributed by atoms with Gasteiger partial charge in [-0.15, -0.1) is 5.10 Å². The van der Waals surface area contributed by atoms with E-state index in [0.717, 1.165) is 5.56 Å². The zero-order valence-electron chi connectivity index (χ0n) is 15.9. The number of aromatic nitrogens is 4. The summed E-state index contributed by atoms with van der Waals surface area (Å²) in [6, 6.07) is 10.4. The highest BCUT2D eigenvalue weighted by Gasteiger charge is 2.17. The number of carbonyl (C=O) groups excluding carboxylic acids is 1. The predicted octanol–water partition coefficient (Wildman–Crippen LogP) is 3.58. The van der Waals surface area contributed by atoms with Gasteiger partial charge in [0.25, 0.3) is 5.91 Å². The van der Waals surface area contributed by atoms with Crippen molar-refractivity contribution in [3.8, 4) is 22.9 Å². The SMILES string of the molecule is COc1cc(C(=O)Nc2cccc(-c3nnnn3C)c2)cc(Cl)c1OC(C)C. The van der Waals surface area contributed by atoms with Gasteiger partial charge >= 0.3 is 0 Å². The van der Waals surface area contributed by atoms with Crippen LogP contribution >= 0.6 is 11.6 Å². The van der Waals surface area contributed by atoms with Gasteiger partial charge in [-0.05, 0) is 48.5 Å². The van der Waals surface area contributed by atoms with Gasteiger partial charge in [0, 0.05) is 23.9 Å². The highest BCUT2D eigenvalue weighted by molar-refractivity contribution is 6.32. The number of nitrogens with one attached hydrogen (secondary N) is 1. The Balaban J connectivity index is 1.85. The van der Waals surface area contributed by atoms with Gasteiger partial charge in [-0.3, -0.25) is 4.79 Å². The molecule has 1 N–H and O–H groups in total. The minimum Gasteiger partial charge on any atom is -0.493 e. The van der Waals surface area contributed by atoms with Crippen LogP contribution in [0.5, 0.6) is 11.5 Å². The Labute approximate surface area is 167 Å². The number of hydrogen-bond acceptors (Lipinski definition) is 6. The zero-order valence-corrected chi connectivity index (χ0v) is 16.7. The average molecular weight is 402 g/mol. The molecule has 9 heteroatoms. The van der Waals surface area contributed by atoms with Crippen LogP contribution in [-0.2, 0) is 7.05 Å². The fourth-order valence-electron chi connectivity index (χ4n) is 2.61. The van der Waals surface area contributed by atoms with E-state index in [-0.39, 0.29) is 12.0 Å². The first-order valence-electron chi connectivity index (χ1n) is 8.57. The maximum atomic E-state index is 12.7. The summed E-state index contributed by atoms with van der Waals surface area (Å²) in [7, 11) is 3.24. The fraction of sp³-hybridized carbons (Fsp3) is 0.263. The molecule has 0 aliphatic carbocycles. The quantitative estimate of drug-likeness (QED) is 0.678. The van der Waals surface area contributed by atoms with Crippen LogP contribution in [0.15, 0.2) is 36.4 Å². The van der Waals surface area contributed by atoms with Crippen molar-refractivity contribution >= 4 is 23.2 Å². The minimum absolute atomic E-state index is 0.0797. The lowest BCUT2D eigenvalue weighted by Gasteiger charge is -2.16. The lowest BCUT2D eigenvalue weighted by atomic mass is 10.1. The molecule has 0 fully saturated rings. The molecule has 0 saturated heterocycles. The van der Waals surface area contributed by atoms with Crippen molar-refractivity contribution in [2.45, 2.75) is 20.0 Å². The molecule has 0 unspecified atom stereocenters. The van der Waals surface area contributed by atoms with Crippen LogP contribution in [0.2, 0.25) is 5.02 Å². The molecule has 3 rings (SSSR count). The van der Waals surface area contributed by atoms with Crippen LogP contribution in [0.3, 0.4) is 0 Å². The third-order valence-electron chi connectivity index (χ3n) is 3.84. The number of rotatable bonds is 6. The summed E-state index contributed by atoms with van der Waals surface area (Å²) in [6.45, 7) is 3.77. The van der Waals surface area contributed by atoms with E-state index >= 15 is 0 Å². The predicted molar refractivity (Wildman–Crippen MR) is 106 cm³/mol. The van der Waals surface area contributed by atoms with Gasteiger partial charge < -0.3 is 14.8 Å². The summed E-state index contributed by atoms with van der Waals surface area (Å²) in [5.74, 6) is 1.07. The van der Waals surface area contributed by atoms with Gasteiger partial charge in [0.1, 0.15) is 0 Å². The van der Waals surface area contributed by atoms with E-state index in [4.69, 9.17) is 21.1 Å². The molecular weight excluding hydrogens is 382 g/mol. The first-order valence-corrected chi connectivity index (χ1v) is 8.95. The van der Waals surface area contributed by atoms with Crippen LogP contribution in [0.25, 0.3) is 11.4 Å². The Kier molecular flexibility index (Phi) is 5.79. The summed E-state index contributed by atoms with van der Waals surface area (Å²) in [6.07, 6.45) is -0.0797. The molecule has 0 atom stereocenters. The maximum Gasteiger partial charge on any atom is 0.255 e. The Hall–Kier alpha value is -3.13. The molecule has 0 spiro atoms. The lowest BCUT2D eigenvalue weighted by Crippen LogP contribution is -2.13. The number of ether oxygens (including phenoxy) is 2. The zero-order chi connectivity index (χ0) is 20.3. The molecule has 3 aromatic rings. The molecular formula is C19H20ClN5O3. The monoisotopic (exact) mass is 401 g/mol. The van der Waals surface area contributed by atoms with Gasteiger partial charge in [0.15, 0.2) is 17.3 Å². The first kappa shape index (κ1) is 19.6. The number of aryl methyl sites for hydroxylation is 1. The number of anilines is 1. The Morgan fingerprint density at radius 1 is 1.25 bits per heavy atom. The number of nitrogens with zero attached hydrogens (tertiary/aromatic N) is 4. The van der Waals surface area contributed by atoms with E-state index in [9.17, 15) is 4.79 Å². The van der Waals surface area contributed by atoms with Gasteiger partial charge in [0.2, 0.25) is 0 Å². The van der Waals surface area contributed by atoms with Crippen molar-refractivity contribution in [3.63, 3.8) is 0 Å². The summed E-state index contributed by atoms with van der Waals surface area (Å²) < 4.78 is 12.6. The topological polar surface area (TPSA) is 91.2 Å². The van der Waals surface area contributed by atoms with Crippen molar-refractivity contribution in [2.75, 3.05) is 12.4 Å². The summed E-state index contributed by atoms with van der Waals surface area (Å²) >= 11 is 6.30. The normalized spacial score (nSPS) is 10.8. The molecule has 0 saturated carbocycles. The van der Waals surface area contributed by atoms with Crippen LogP contribution in [-0.4, -0.2) is 39.3 Å². The minimum atomic E-state index is -0.329. The molecule has 0 aliphatic heterocycles. The van der Waals surface area contributed by atoms with Crippen molar-refractivity contribution in [1.29, 1.82) is 0 Å². The average Bonchev–Trinajstić information content (AvgIpc) is 3.09. The smallest absolute Gasteiger partial charge is 0.255 e. The van der Waals surface area contributed by atoms with E-state index in [1.807, 2.05) is 26.0 Å². The second-order valence-electron chi connectivity index (χ2n) is 6.32. The number of methoxy groups -OCH3 is 1. The van der Waals surface area contributed by atoms with Crippen molar-refractivity contribution in [1.82, 2.24) is 20.2 Å². The second kappa shape index (κ2) is 8.26. The Morgan fingerprint density at radius 3 is 2.68 bits per heavy atom. The molecule has 1 heterocycles. The lowest BCUT2D eigenvalue weighted by molar-refractivity contribution is 0.102. The molecule has 28 heavy (non-hydrogen) atoms. The van der Waals surface area contributed by atoms with E-state index in [1.54, 1.807) is 36.0 Å². The summed E-state index contributed by atoms with van der Waals surface area (Å²) in [5, 5.41) is 14.6. The Bertz CT molecular complexity index is 1000. The number of benzene rings is 2. The first-order chi connectivity index (χ1) is 13.4. The molecule has 146 valence electrons. The Morgan fingerprint density at radius 2 is 2.04 bits per heavy atom. The molecule has 0 radical (unpaired) electrons. The molecule has 0 aliphatic rings. The van der Waals surface area contributed by atoms with Crippen molar-refractivity contribution < 1.29 is 14.3 Å². The number of hydrogen-bond donors (Lipinski definition) is 1. The highest BCUT2D eigenvalue weighted by atomic mass is 35.5. The number of amides is 1. The molecule has 2 aromatic carbocycles. The molecule has 1 amide bonds. The van der Waals surface area contributed by atoms with Gasteiger partial charge in [0.05, 0.1) is 18.2 Å². The van der Waals surface area contributed by atoms with Gasteiger partial charge in [-0.1, -0.05) is 23.7 Å². The van der Waals surface area contributed by atoms with Crippen molar-refractivity contribution in [3.05, 3.63) is 47.0 Å². The van der Waals surface area contributed by atoms with Gasteiger partial charge in [-0.2, -0.15) is 0 Å². The highest BCUT2D eigenvalue weighted by Crippen LogP contribution is 2.37.